The zero-order chi connectivity index (χ0) is 18.4. The van der Waals surface area contributed by atoms with Gasteiger partial charge in [-0.3, -0.25) is 0 Å². The molecule has 4 rings (SSSR count). The molecule has 0 saturated carbocycles. The Morgan fingerprint density at radius 3 is 2.42 bits per heavy atom. The minimum Gasteiger partial charge on any atom is -0.441 e. The lowest BCUT2D eigenvalue weighted by Crippen LogP contribution is -2.47. The first-order valence-corrected chi connectivity index (χ1v) is 10.2. The fourth-order valence-electron chi connectivity index (χ4n) is 3.52. The molecule has 0 atom stereocenters. The van der Waals surface area contributed by atoms with E-state index in [-0.39, 0.29) is 0 Å². The Hall–Kier alpha value is -1.74. The molecule has 140 valence electrons. The highest BCUT2D eigenvalue weighted by molar-refractivity contribution is 7.89. The highest BCUT2D eigenvalue weighted by atomic mass is 32.2. The van der Waals surface area contributed by atoms with Crippen LogP contribution < -0.4 is 0 Å². The minimum absolute atomic E-state index is 0.299. The predicted molar refractivity (Wildman–Crippen MR) is 94.0 cm³/mol. The van der Waals surface area contributed by atoms with Crippen LogP contribution in [0.15, 0.2) is 33.7 Å². The van der Waals surface area contributed by atoms with Crippen molar-refractivity contribution in [2.75, 3.05) is 26.3 Å². The van der Waals surface area contributed by atoms with Gasteiger partial charge in [-0.15, -0.1) is 0 Å². The van der Waals surface area contributed by atoms with Gasteiger partial charge in [-0.05, 0) is 18.6 Å². The number of hydrogen-bond donors (Lipinski definition) is 0. The number of oxazole rings is 1. The quantitative estimate of drug-likeness (QED) is 0.816. The van der Waals surface area contributed by atoms with Gasteiger partial charge >= 0.3 is 0 Å². The molecule has 8 heteroatoms. The fourth-order valence-corrected chi connectivity index (χ4v) is 5.21. The van der Waals surface area contributed by atoms with Crippen molar-refractivity contribution in [3.05, 3.63) is 35.9 Å². The second-order valence-corrected chi connectivity index (χ2v) is 8.64. The molecule has 2 aliphatic rings. The molecular weight excluding hydrogens is 356 g/mol. The van der Waals surface area contributed by atoms with Gasteiger partial charge in [-0.1, -0.05) is 12.1 Å². The largest absolute Gasteiger partial charge is 0.441 e. The molecule has 0 bridgehead atoms. The number of benzene rings is 1. The number of sulfonamides is 1. The first kappa shape index (κ1) is 17.7. The SMILES string of the molecule is Cc1ncc(-c2ccc(C)c(S(=O)(=O)N3CCC4(CC3)OCCO4)c2)o1. The van der Waals surface area contributed by atoms with Crippen molar-refractivity contribution in [1.29, 1.82) is 0 Å². The molecule has 1 aromatic heterocycles. The van der Waals surface area contributed by atoms with Gasteiger partial charge in [0.05, 0.1) is 24.3 Å². The molecule has 0 aliphatic carbocycles. The van der Waals surface area contributed by atoms with Gasteiger partial charge in [0.15, 0.2) is 17.4 Å². The summed E-state index contributed by atoms with van der Waals surface area (Å²) in [4.78, 5) is 4.38. The van der Waals surface area contributed by atoms with Crippen molar-refractivity contribution in [1.82, 2.24) is 9.29 Å². The van der Waals surface area contributed by atoms with E-state index < -0.39 is 15.8 Å². The second-order valence-electron chi connectivity index (χ2n) is 6.74. The van der Waals surface area contributed by atoms with E-state index >= 15 is 0 Å². The third-order valence-corrected chi connectivity index (χ3v) is 7.05. The van der Waals surface area contributed by atoms with Crippen molar-refractivity contribution >= 4 is 10.0 Å². The smallest absolute Gasteiger partial charge is 0.243 e. The maximum Gasteiger partial charge on any atom is 0.243 e. The standard InChI is InChI=1S/C18H22N2O5S/c1-13-3-4-15(16-12-19-14(2)25-16)11-17(13)26(21,22)20-7-5-18(6-8-20)23-9-10-24-18/h3-4,11-12H,5-10H2,1-2H3. The molecule has 0 amide bonds. The molecule has 2 saturated heterocycles. The third-order valence-electron chi connectivity index (χ3n) is 5.01. The lowest BCUT2D eigenvalue weighted by Gasteiger charge is -2.37. The topological polar surface area (TPSA) is 81.9 Å². The van der Waals surface area contributed by atoms with Crippen LogP contribution in [0, 0.1) is 13.8 Å². The summed E-state index contributed by atoms with van der Waals surface area (Å²) in [5.41, 5.74) is 1.41. The van der Waals surface area contributed by atoms with Gasteiger partial charge in [0.25, 0.3) is 0 Å². The van der Waals surface area contributed by atoms with Crippen LogP contribution in [0.4, 0.5) is 0 Å². The molecule has 3 heterocycles. The van der Waals surface area contributed by atoms with E-state index in [0.717, 1.165) is 0 Å². The molecule has 7 nitrogen and oxygen atoms in total. The molecule has 1 spiro atoms. The van der Waals surface area contributed by atoms with Crippen LogP contribution in [0.5, 0.6) is 0 Å². The van der Waals surface area contributed by atoms with Gasteiger partial charge in [-0.2, -0.15) is 4.31 Å². The van der Waals surface area contributed by atoms with Crippen LogP contribution in [-0.4, -0.2) is 49.8 Å². The number of rotatable bonds is 3. The van der Waals surface area contributed by atoms with Crippen LogP contribution in [0.2, 0.25) is 0 Å². The van der Waals surface area contributed by atoms with Crippen LogP contribution in [0.3, 0.4) is 0 Å². The molecule has 0 unspecified atom stereocenters. The van der Waals surface area contributed by atoms with Crippen molar-refractivity contribution in [2.24, 2.45) is 0 Å². The second kappa shape index (κ2) is 6.45. The summed E-state index contributed by atoms with van der Waals surface area (Å²) in [6, 6.07) is 5.31. The highest BCUT2D eigenvalue weighted by Gasteiger charge is 2.42. The zero-order valence-corrected chi connectivity index (χ0v) is 15.7. The summed E-state index contributed by atoms with van der Waals surface area (Å²) in [6.07, 6.45) is 2.70. The predicted octanol–water partition coefficient (Wildman–Crippen LogP) is 2.49. The lowest BCUT2D eigenvalue weighted by atomic mass is 10.1. The van der Waals surface area contributed by atoms with Gasteiger partial charge < -0.3 is 13.9 Å². The molecule has 2 fully saturated rings. The maximum absolute atomic E-state index is 13.2. The zero-order valence-electron chi connectivity index (χ0n) is 14.9. The first-order valence-electron chi connectivity index (χ1n) is 8.71. The number of hydrogen-bond acceptors (Lipinski definition) is 6. The van der Waals surface area contributed by atoms with E-state index in [4.69, 9.17) is 13.9 Å². The first-order chi connectivity index (χ1) is 12.4. The molecule has 26 heavy (non-hydrogen) atoms. The average Bonchev–Trinajstić information content (AvgIpc) is 3.25. The molecule has 0 N–H and O–H groups in total. The van der Waals surface area contributed by atoms with Crippen LogP contribution in [-0.2, 0) is 19.5 Å². The lowest BCUT2D eigenvalue weighted by molar-refractivity contribution is -0.179. The van der Waals surface area contributed by atoms with Gasteiger partial charge in [0.2, 0.25) is 10.0 Å². The number of nitrogens with zero attached hydrogens (tertiary/aromatic N) is 2. The van der Waals surface area contributed by atoms with E-state index in [0.29, 0.717) is 66.8 Å². The molecule has 0 radical (unpaired) electrons. The Morgan fingerprint density at radius 2 is 1.81 bits per heavy atom. The monoisotopic (exact) mass is 378 g/mol. The summed E-state index contributed by atoms with van der Waals surface area (Å²) >= 11 is 0. The van der Waals surface area contributed by atoms with E-state index in [9.17, 15) is 8.42 Å². The Balaban J connectivity index is 1.61. The number of aryl methyl sites for hydroxylation is 2. The molecular formula is C18H22N2O5S. The van der Waals surface area contributed by atoms with E-state index in [2.05, 4.69) is 4.98 Å². The number of piperidine rings is 1. The maximum atomic E-state index is 13.2. The van der Waals surface area contributed by atoms with Crippen LogP contribution in [0.25, 0.3) is 11.3 Å². The fraction of sp³-hybridized carbons (Fsp3) is 0.500. The van der Waals surface area contributed by atoms with Crippen LogP contribution >= 0.6 is 0 Å². The molecule has 1 aromatic carbocycles. The van der Waals surface area contributed by atoms with Crippen molar-refractivity contribution < 1.29 is 22.3 Å². The van der Waals surface area contributed by atoms with E-state index in [1.54, 1.807) is 32.2 Å². The average molecular weight is 378 g/mol. The minimum atomic E-state index is -3.60. The van der Waals surface area contributed by atoms with Crippen molar-refractivity contribution in [2.45, 2.75) is 37.4 Å². The van der Waals surface area contributed by atoms with Crippen molar-refractivity contribution in [3.8, 4) is 11.3 Å². The highest BCUT2D eigenvalue weighted by Crippen LogP contribution is 2.34. The number of aromatic nitrogens is 1. The summed E-state index contributed by atoms with van der Waals surface area (Å²) in [6.45, 7) is 5.47. The summed E-state index contributed by atoms with van der Waals surface area (Å²) in [7, 11) is -3.60. The Morgan fingerprint density at radius 1 is 1.12 bits per heavy atom. The Kier molecular flexibility index (Phi) is 4.38. The van der Waals surface area contributed by atoms with Gasteiger partial charge in [-0.25, -0.2) is 13.4 Å². The molecule has 2 aliphatic heterocycles. The van der Waals surface area contributed by atoms with E-state index in [1.165, 1.54) is 4.31 Å². The summed E-state index contributed by atoms with van der Waals surface area (Å²) < 4.78 is 44.8. The number of ether oxygens (including phenoxy) is 2. The van der Waals surface area contributed by atoms with Crippen LogP contribution in [0.1, 0.15) is 24.3 Å². The van der Waals surface area contributed by atoms with Gasteiger partial charge in [0.1, 0.15) is 0 Å². The summed E-state index contributed by atoms with van der Waals surface area (Å²) in [5.74, 6) is 0.507. The Labute approximate surface area is 153 Å². The van der Waals surface area contributed by atoms with Crippen molar-refractivity contribution in [3.63, 3.8) is 0 Å². The molecule has 2 aromatic rings. The van der Waals surface area contributed by atoms with E-state index in [1.807, 2.05) is 6.07 Å². The summed E-state index contributed by atoms with van der Waals surface area (Å²) in [5, 5.41) is 0. The normalized spacial score (nSPS) is 20.7. The Bertz CT molecular complexity index is 905. The third kappa shape index (κ3) is 3.07. The van der Waals surface area contributed by atoms with Gasteiger partial charge in [0, 0.05) is 38.4 Å².